The van der Waals surface area contributed by atoms with Crippen molar-refractivity contribution in [3.63, 3.8) is 0 Å². The van der Waals surface area contributed by atoms with Gasteiger partial charge in [-0.05, 0) is 24.3 Å². The van der Waals surface area contributed by atoms with Crippen molar-refractivity contribution in [2.75, 3.05) is 19.5 Å². The van der Waals surface area contributed by atoms with E-state index in [-0.39, 0.29) is 5.41 Å². The molecule has 1 aliphatic carbocycles. The number of ether oxygens (including phenoxy) is 1. The van der Waals surface area contributed by atoms with Crippen LogP contribution in [0.5, 0.6) is 5.88 Å². The maximum absolute atomic E-state index is 6.20. The average Bonchev–Trinajstić information content (AvgIpc) is 2.49. The number of aromatic nitrogens is 1. The number of halogens is 1. The third kappa shape index (κ3) is 3.83. The molecule has 1 heterocycles. The van der Waals surface area contributed by atoms with Crippen molar-refractivity contribution in [1.29, 1.82) is 0 Å². The van der Waals surface area contributed by atoms with E-state index >= 15 is 0 Å². The number of alkyl halides is 1. The van der Waals surface area contributed by atoms with Crippen LogP contribution in [0.4, 0.5) is 0 Å². The van der Waals surface area contributed by atoms with Crippen LogP contribution < -0.4 is 10.1 Å². The zero-order valence-corrected chi connectivity index (χ0v) is 12.4. The minimum Gasteiger partial charge on any atom is -0.481 e. The number of pyridine rings is 1. The summed E-state index contributed by atoms with van der Waals surface area (Å²) < 4.78 is 5.26. The number of nitrogens with one attached hydrogen (secondary N) is 1. The van der Waals surface area contributed by atoms with Gasteiger partial charge in [-0.2, -0.15) is 0 Å². The standard InChI is InChI=1S/C15H23ClN2O/c1-19-14-13(6-5-9-18-14)10-17-12-15(11-16)7-3-2-4-8-15/h5-6,9,17H,2-4,7-8,10-12H2,1H3. The number of rotatable bonds is 6. The van der Waals surface area contributed by atoms with Gasteiger partial charge in [-0.1, -0.05) is 25.3 Å². The second-order valence-electron chi connectivity index (χ2n) is 5.47. The quantitative estimate of drug-likeness (QED) is 0.813. The molecular weight excluding hydrogens is 260 g/mol. The van der Waals surface area contributed by atoms with Crippen LogP contribution in [0, 0.1) is 5.41 Å². The van der Waals surface area contributed by atoms with Crippen LogP contribution in [0.2, 0.25) is 0 Å². The molecule has 19 heavy (non-hydrogen) atoms. The Bertz CT molecular complexity index is 391. The van der Waals surface area contributed by atoms with Crippen LogP contribution in [0.3, 0.4) is 0 Å². The highest BCUT2D eigenvalue weighted by molar-refractivity contribution is 6.18. The lowest BCUT2D eigenvalue weighted by Gasteiger charge is -2.35. The SMILES string of the molecule is COc1ncccc1CNCC1(CCl)CCCCC1. The summed E-state index contributed by atoms with van der Waals surface area (Å²) in [6.07, 6.45) is 8.22. The minimum atomic E-state index is 0.287. The Morgan fingerprint density at radius 3 is 2.84 bits per heavy atom. The molecule has 1 fully saturated rings. The molecule has 0 aromatic carbocycles. The van der Waals surface area contributed by atoms with Crippen LogP contribution in [0.25, 0.3) is 0 Å². The molecular formula is C15H23ClN2O. The van der Waals surface area contributed by atoms with Crippen molar-refractivity contribution >= 4 is 11.6 Å². The third-order valence-corrected chi connectivity index (χ3v) is 4.62. The monoisotopic (exact) mass is 282 g/mol. The first-order valence-electron chi connectivity index (χ1n) is 7.04. The molecule has 3 nitrogen and oxygen atoms in total. The van der Waals surface area contributed by atoms with E-state index < -0.39 is 0 Å². The lowest BCUT2D eigenvalue weighted by Crippen LogP contribution is -2.37. The van der Waals surface area contributed by atoms with Gasteiger partial charge >= 0.3 is 0 Å². The van der Waals surface area contributed by atoms with Gasteiger partial charge in [-0.3, -0.25) is 0 Å². The highest BCUT2D eigenvalue weighted by Gasteiger charge is 2.30. The topological polar surface area (TPSA) is 34.1 Å². The Balaban J connectivity index is 1.88. The van der Waals surface area contributed by atoms with E-state index in [4.69, 9.17) is 16.3 Å². The Hall–Kier alpha value is -0.800. The Labute approximate surface area is 120 Å². The van der Waals surface area contributed by atoms with Gasteiger partial charge in [0, 0.05) is 30.7 Å². The maximum Gasteiger partial charge on any atom is 0.217 e. The summed E-state index contributed by atoms with van der Waals surface area (Å²) in [6, 6.07) is 3.99. The molecule has 0 radical (unpaired) electrons. The van der Waals surface area contributed by atoms with Crippen molar-refractivity contribution in [2.45, 2.75) is 38.6 Å². The molecule has 0 atom stereocenters. The zero-order chi connectivity index (χ0) is 13.6. The van der Waals surface area contributed by atoms with Crippen molar-refractivity contribution < 1.29 is 4.74 Å². The molecule has 1 aromatic rings. The van der Waals surface area contributed by atoms with E-state index in [2.05, 4.69) is 10.3 Å². The van der Waals surface area contributed by atoms with Gasteiger partial charge in [0.1, 0.15) is 0 Å². The third-order valence-electron chi connectivity index (χ3n) is 4.06. The molecule has 2 rings (SSSR count). The summed E-state index contributed by atoms with van der Waals surface area (Å²) in [5.41, 5.74) is 1.39. The predicted molar refractivity (Wildman–Crippen MR) is 78.7 cm³/mol. The minimum absolute atomic E-state index is 0.287. The Morgan fingerprint density at radius 1 is 1.37 bits per heavy atom. The van der Waals surface area contributed by atoms with Gasteiger partial charge in [0.15, 0.2) is 0 Å². The Kier molecular flexibility index (Phi) is 5.46. The van der Waals surface area contributed by atoms with E-state index in [1.165, 1.54) is 32.1 Å². The molecule has 0 spiro atoms. The molecule has 4 heteroatoms. The van der Waals surface area contributed by atoms with Crippen LogP contribution >= 0.6 is 11.6 Å². The van der Waals surface area contributed by atoms with E-state index in [0.29, 0.717) is 5.88 Å². The number of nitrogens with zero attached hydrogens (tertiary/aromatic N) is 1. The summed E-state index contributed by atoms with van der Waals surface area (Å²) >= 11 is 6.20. The van der Waals surface area contributed by atoms with E-state index in [1.54, 1.807) is 13.3 Å². The molecule has 1 aliphatic rings. The molecule has 0 saturated heterocycles. The molecule has 1 aromatic heterocycles. The van der Waals surface area contributed by atoms with Gasteiger partial charge < -0.3 is 10.1 Å². The lowest BCUT2D eigenvalue weighted by atomic mass is 9.75. The number of methoxy groups -OCH3 is 1. The second kappa shape index (κ2) is 7.11. The normalized spacial score (nSPS) is 18.2. The van der Waals surface area contributed by atoms with Crippen molar-refractivity contribution in [3.8, 4) is 5.88 Å². The van der Waals surface area contributed by atoms with Gasteiger partial charge in [0.05, 0.1) is 7.11 Å². The van der Waals surface area contributed by atoms with Crippen molar-refractivity contribution in [2.24, 2.45) is 5.41 Å². The molecule has 1 N–H and O–H groups in total. The maximum atomic E-state index is 6.20. The van der Waals surface area contributed by atoms with Gasteiger partial charge in [-0.25, -0.2) is 4.98 Å². The predicted octanol–water partition coefficient (Wildman–Crippen LogP) is 3.37. The van der Waals surface area contributed by atoms with E-state index in [1.807, 2.05) is 12.1 Å². The van der Waals surface area contributed by atoms with Gasteiger partial charge in [-0.15, -0.1) is 11.6 Å². The lowest BCUT2D eigenvalue weighted by molar-refractivity contribution is 0.211. The zero-order valence-electron chi connectivity index (χ0n) is 11.6. The van der Waals surface area contributed by atoms with Crippen molar-refractivity contribution in [3.05, 3.63) is 23.9 Å². The van der Waals surface area contributed by atoms with Crippen LogP contribution in [0.15, 0.2) is 18.3 Å². The van der Waals surface area contributed by atoms with Crippen LogP contribution in [-0.2, 0) is 6.54 Å². The number of hydrogen-bond donors (Lipinski definition) is 1. The fraction of sp³-hybridized carbons (Fsp3) is 0.667. The smallest absolute Gasteiger partial charge is 0.217 e. The first-order chi connectivity index (χ1) is 9.29. The highest BCUT2D eigenvalue weighted by atomic mass is 35.5. The molecule has 0 bridgehead atoms. The number of hydrogen-bond acceptors (Lipinski definition) is 3. The van der Waals surface area contributed by atoms with E-state index in [0.717, 1.165) is 24.5 Å². The molecule has 0 unspecified atom stereocenters. The first-order valence-corrected chi connectivity index (χ1v) is 7.58. The van der Waals surface area contributed by atoms with Crippen molar-refractivity contribution in [1.82, 2.24) is 10.3 Å². The van der Waals surface area contributed by atoms with Crippen LogP contribution in [0.1, 0.15) is 37.7 Å². The second-order valence-corrected chi connectivity index (χ2v) is 5.74. The highest BCUT2D eigenvalue weighted by Crippen LogP contribution is 2.36. The largest absolute Gasteiger partial charge is 0.481 e. The molecule has 1 saturated carbocycles. The summed E-state index contributed by atoms with van der Waals surface area (Å²) in [6.45, 7) is 1.77. The van der Waals surface area contributed by atoms with Gasteiger partial charge in [0.2, 0.25) is 5.88 Å². The van der Waals surface area contributed by atoms with Gasteiger partial charge in [0.25, 0.3) is 0 Å². The Morgan fingerprint density at radius 2 is 2.16 bits per heavy atom. The summed E-state index contributed by atoms with van der Waals surface area (Å²) in [5, 5.41) is 3.53. The summed E-state index contributed by atoms with van der Waals surface area (Å²) in [4.78, 5) is 4.21. The fourth-order valence-corrected chi connectivity index (χ4v) is 3.23. The fourth-order valence-electron chi connectivity index (χ4n) is 2.86. The average molecular weight is 283 g/mol. The molecule has 0 aliphatic heterocycles. The van der Waals surface area contributed by atoms with E-state index in [9.17, 15) is 0 Å². The molecule has 106 valence electrons. The first kappa shape index (κ1) is 14.6. The molecule has 0 amide bonds. The summed E-state index contributed by atoms with van der Waals surface area (Å²) in [5.74, 6) is 1.46. The van der Waals surface area contributed by atoms with Crippen LogP contribution in [-0.4, -0.2) is 24.5 Å². The summed E-state index contributed by atoms with van der Waals surface area (Å²) in [7, 11) is 1.66.